The van der Waals surface area contributed by atoms with E-state index in [1.807, 2.05) is 48.7 Å². The lowest BCUT2D eigenvalue weighted by atomic mass is 10.00. The Balaban J connectivity index is 2.60. The molecule has 0 aliphatic carbocycles. The molecule has 0 N–H and O–H groups in total. The summed E-state index contributed by atoms with van der Waals surface area (Å²) in [5, 5.41) is 0. The number of esters is 1. The van der Waals surface area contributed by atoms with Crippen molar-refractivity contribution in [2.75, 3.05) is 13.4 Å². The van der Waals surface area contributed by atoms with Crippen LogP contribution in [0.1, 0.15) is 10.4 Å². The summed E-state index contributed by atoms with van der Waals surface area (Å²) in [6.07, 6.45) is 2.03. The van der Waals surface area contributed by atoms with Crippen molar-refractivity contribution in [2.24, 2.45) is 0 Å². The van der Waals surface area contributed by atoms with E-state index in [1.165, 1.54) is 7.11 Å². The Morgan fingerprint density at radius 3 is 2.28 bits per heavy atom. The first-order chi connectivity index (χ1) is 8.77. The van der Waals surface area contributed by atoms with Crippen molar-refractivity contribution < 1.29 is 9.53 Å². The van der Waals surface area contributed by atoms with Crippen LogP contribution in [0.15, 0.2) is 53.4 Å². The van der Waals surface area contributed by atoms with Crippen molar-refractivity contribution in [3.8, 4) is 11.1 Å². The average molecular weight is 258 g/mol. The molecule has 2 nitrogen and oxygen atoms in total. The van der Waals surface area contributed by atoms with Gasteiger partial charge in [0.25, 0.3) is 0 Å². The molecule has 0 aliphatic heterocycles. The van der Waals surface area contributed by atoms with E-state index in [0.29, 0.717) is 5.56 Å². The Morgan fingerprint density at radius 2 is 1.61 bits per heavy atom. The maximum atomic E-state index is 11.8. The minimum Gasteiger partial charge on any atom is -0.465 e. The molecule has 0 radical (unpaired) electrons. The fourth-order valence-electron chi connectivity index (χ4n) is 1.87. The molecule has 3 heteroatoms. The van der Waals surface area contributed by atoms with Crippen LogP contribution in [0.25, 0.3) is 11.1 Å². The molecule has 2 rings (SSSR count). The molecule has 0 saturated heterocycles. The maximum Gasteiger partial charge on any atom is 0.338 e. The van der Waals surface area contributed by atoms with E-state index in [-0.39, 0.29) is 5.97 Å². The predicted octanol–water partition coefficient (Wildman–Crippen LogP) is 3.86. The third-order valence-electron chi connectivity index (χ3n) is 2.73. The van der Waals surface area contributed by atoms with Gasteiger partial charge in [0.05, 0.1) is 12.7 Å². The normalized spacial score (nSPS) is 10.1. The number of thioether (sulfide) groups is 1. The van der Waals surface area contributed by atoms with Crippen LogP contribution in [0, 0.1) is 0 Å². The monoisotopic (exact) mass is 258 g/mol. The summed E-state index contributed by atoms with van der Waals surface area (Å²) in [5.41, 5.74) is 2.57. The molecule has 0 spiro atoms. The van der Waals surface area contributed by atoms with Crippen molar-refractivity contribution in [3.05, 3.63) is 54.1 Å². The number of rotatable bonds is 3. The molecule has 0 atom stereocenters. The molecular formula is C15H14O2S. The van der Waals surface area contributed by atoms with Gasteiger partial charge in [-0.25, -0.2) is 4.79 Å². The number of carbonyl (C=O) groups is 1. The summed E-state index contributed by atoms with van der Waals surface area (Å²) < 4.78 is 4.83. The second kappa shape index (κ2) is 5.74. The molecule has 92 valence electrons. The summed E-state index contributed by atoms with van der Waals surface area (Å²) in [6.45, 7) is 0. The molecule has 2 aromatic rings. The first kappa shape index (κ1) is 12.7. The highest BCUT2D eigenvalue weighted by Crippen LogP contribution is 2.32. The van der Waals surface area contributed by atoms with Crippen LogP contribution >= 0.6 is 11.8 Å². The Bertz CT molecular complexity index is 564. The van der Waals surface area contributed by atoms with E-state index in [9.17, 15) is 4.79 Å². The van der Waals surface area contributed by atoms with Crippen LogP contribution in [-0.4, -0.2) is 19.3 Å². The molecule has 0 aliphatic rings. The van der Waals surface area contributed by atoms with Gasteiger partial charge in [0.1, 0.15) is 0 Å². The smallest absolute Gasteiger partial charge is 0.338 e. The van der Waals surface area contributed by atoms with Gasteiger partial charge in [-0.15, -0.1) is 11.8 Å². The molecule has 0 fully saturated rings. The number of ether oxygens (including phenoxy) is 1. The van der Waals surface area contributed by atoms with Crippen LogP contribution in [0.5, 0.6) is 0 Å². The van der Waals surface area contributed by atoms with Gasteiger partial charge < -0.3 is 4.74 Å². The maximum absolute atomic E-state index is 11.8. The van der Waals surface area contributed by atoms with E-state index in [1.54, 1.807) is 17.8 Å². The molecule has 0 amide bonds. The van der Waals surface area contributed by atoms with Gasteiger partial charge in [-0.1, -0.05) is 36.4 Å². The Labute approximate surface area is 111 Å². The molecular weight excluding hydrogens is 244 g/mol. The quantitative estimate of drug-likeness (QED) is 0.617. The third-order valence-corrected chi connectivity index (χ3v) is 3.53. The van der Waals surface area contributed by atoms with Crippen LogP contribution in [0.3, 0.4) is 0 Å². The first-order valence-electron chi connectivity index (χ1n) is 5.58. The predicted molar refractivity (Wildman–Crippen MR) is 75.0 cm³/mol. The van der Waals surface area contributed by atoms with Crippen molar-refractivity contribution >= 4 is 17.7 Å². The highest BCUT2D eigenvalue weighted by Gasteiger charge is 2.14. The molecule has 2 aromatic carbocycles. The average Bonchev–Trinajstić information content (AvgIpc) is 2.46. The van der Waals surface area contributed by atoms with Gasteiger partial charge in [0, 0.05) is 4.90 Å². The fourth-order valence-corrected chi connectivity index (χ4v) is 2.49. The Kier molecular flexibility index (Phi) is 4.05. The number of methoxy groups -OCH3 is 1. The van der Waals surface area contributed by atoms with Crippen LogP contribution in [-0.2, 0) is 4.74 Å². The molecule has 18 heavy (non-hydrogen) atoms. The summed E-state index contributed by atoms with van der Waals surface area (Å²) >= 11 is 1.67. The number of hydrogen-bond donors (Lipinski definition) is 0. The standard InChI is InChI=1S/C15H14O2S/c1-17-15(16)13-9-4-3-7-11(13)12-8-5-6-10-14(12)18-2/h3-10H,1-2H3. The van der Waals surface area contributed by atoms with Crippen LogP contribution in [0.2, 0.25) is 0 Å². The second-order valence-electron chi connectivity index (χ2n) is 3.74. The van der Waals surface area contributed by atoms with Gasteiger partial charge in [0.15, 0.2) is 0 Å². The summed E-state index contributed by atoms with van der Waals surface area (Å²) in [5.74, 6) is -0.304. The van der Waals surface area contributed by atoms with E-state index in [2.05, 4.69) is 0 Å². The van der Waals surface area contributed by atoms with Gasteiger partial charge in [0.2, 0.25) is 0 Å². The van der Waals surface area contributed by atoms with E-state index in [4.69, 9.17) is 4.74 Å². The summed E-state index contributed by atoms with van der Waals surface area (Å²) in [7, 11) is 1.40. The summed E-state index contributed by atoms with van der Waals surface area (Å²) in [6, 6.07) is 15.6. The summed E-state index contributed by atoms with van der Waals surface area (Å²) in [4.78, 5) is 12.9. The van der Waals surface area contributed by atoms with E-state index < -0.39 is 0 Å². The lowest BCUT2D eigenvalue weighted by Gasteiger charge is -2.11. The first-order valence-corrected chi connectivity index (χ1v) is 6.81. The highest BCUT2D eigenvalue weighted by atomic mass is 32.2. The van der Waals surface area contributed by atoms with Gasteiger partial charge in [-0.05, 0) is 29.5 Å². The van der Waals surface area contributed by atoms with Gasteiger partial charge >= 0.3 is 5.97 Å². The zero-order valence-electron chi connectivity index (χ0n) is 10.3. The number of hydrogen-bond acceptors (Lipinski definition) is 3. The molecule has 0 saturated carbocycles. The van der Waals surface area contributed by atoms with Crippen molar-refractivity contribution in [1.29, 1.82) is 0 Å². The van der Waals surface area contributed by atoms with E-state index in [0.717, 1.165) is 16.0 Å². The van der Waals surface area contributed by atoms with Crippen LogP contribution in [0.4, 0.5) is 0 Å². The molecule has 0 aromatic heterocycles. The number of benzene rings is 2. The molecule has 0 heterocycles. The second-order valence-corrected chi connectivity index (χ2v) is 4.59. The van der Waals surface area contributed by atoms with Crippen molar-refractivity contribution in [3.63, 3.8) is 0 Å². The number of carbonyl (C=O) groups excluding carboxylic acids is 1. The third kappa shape index (κ3) is 2.41. The van der Waals surface area contributed by atoms with Gasteiger partial charge in [-0.2, -0.15) is 0 Å². The molecule has 0 bridgehead atoms. The minimum atomic E-state index is -0.304. The van der Waals surface area contributed by atoms with E-state index >= 15 is 0 Å². The highest BCUT2D eigenvalue weighted by molar-refractivity contribution is 7.98. The zero-order valence-corrected chi connectivity index (χ0v) is 11.2. The molecule has 0 unspecified atom stereocenters. The minimum absolute atomic E-state index is 0.304. The largest absolute Gasteiger partial charge is 0.465 e. The fraction of sp³-hybridized carbons (Fsp3) is 0.133. The van der Waals surface area contributed by atoms with Crippen molar-refractivity contribution in [2.45, 2.75) is 4.90 Å². The topological polar surface area (TPSA) is 26.3 Å². The van der Waals surface area contributed by atoms with Gasteiger partial charge in [-0.3, -0.25) is 0 Å². The SMILES string of the molecule is COC(=O)c1ccccc1-c1ccccc1SC. The Hall–Kier alpha value is -1.74. The van der Waals surface area contributed by atoms with Crippen LogP contribution < -0.4 is 0 Å². The lowest BCUT2D eigenvalue weighted by Crippen LogP contribution is -2.03. The zero-order chi connectivity index (χ0) is 13.0. The Morgan fingerprint density at radius 1 is 1.00 bits per heavy atom. The lowest BCUT2D eigenvalue weighted by molar-refractivity contribution is 0.0601. The van der Waals surface area contributed by atoms with Crippen molar-refractivity contribution in [1.82, 2.24) is 0 Å².